The van der Waals surface area contributed by atoms with Crippen molar-refractivity contribution < 1.29 is 9.13 Å². The molecule has 2 aromatic heterocycles. The van der Waals surface area contributed by atoms with Crippen molar-refractivity contribution in [2.45, 2.75) is 19.6 Å². The fourth-order valence-corrected chi connectivity index (χ4v) is 3.75. The molecule has 0 fully saturated rings. The number of hydrogen-bond donors (Lipinski definition) is 1. The Hall–Kier alpha value is -4.12. The van der Waals surface area contributed by atoms with Crippen molar-refractivity contribution >= 4 is 11.6 Å². The third kappa shape index (κ3) is 3.72. The Kier molecular flexibility index (Phi) is 5.09. The van der Waals surface area contributed by atoms with Crippen LogP contribution < -0.4 is 16.6 Å². The smallest absolute Gasteiger partial charge is 0.351 e. The Labute approximate surface area is 186 Å². The molecule has 4 aromatic rings. The molecule has 3 heterocycles. The van der Waals surface area contributed by atoms with Gasteiger partial charge in [0.15, 0.2) is 5.82 Å². The molecule has 2 aromatic carbocycles. The summed E-state index contributed by atoms with van der Waals surface area (Å²) >= 11 is 0. The lowest BCUT2D eigenvalue weighted by atomic mass is 10.1. The average molecular weight is 449 g/mol. The molecule has 33 heavy (non-hydrogen) atoms. The van der Waals surface area contributed by atoms with E-state index in [0.29, 0.717) is 36.4 Å². The van der Waals surface area contributed by atoms with Gasteiger partial charge in [0.05, 0.1) is 18.3 Å². The van der Waals surface area contributed by atoms with Crippen molar-refractivity contribution in [3.8, 4) is 5.69 Å². The van der Waals surface area contributed by atoms with E-state index in [0.717, 1.165) is 26.6 Å². The van der Waals surface area contributed by atoms with Crippen molar-refractivity contribution in [2.75, 3.05) is 11.9 Å². The van der Waals surface area contributed by atoms with Crippen LogP contribution >= 0.6 is 0 Å². The maximum absolute atomic E-state index is 13.4. The minimum Gasteiger partial charge on any atom is -0.371 e. The topological polar surface area (TPSA) is 109 Å². The summed E-state index contributed by atoms with van der Waals surface area (Å²) in [4.78, 5) is 24.2. The number of nitrogens with one attached hydrogen (secondary N) is 1. The second-order valence-electron chi connectivity index (χ2n) is 7.75. The van der Waals surface area contributed by atoms with Crippen LogP contribution in [-0.2, 0) is 18.4 Å². The molecule has 5 rings (SSSR count). The number of benzene rings is 2. The first-order valence-corrected chi connectivity index (χ1v) is 10.2. The molecule has 0 spiro atoms. The summed E-state index contributed by atoms with van der Waals surface area (Å²) in [7, 11) is 1.40. The zero-order valence-corrected chi connectivity index (χ0v) is 17.9. The van der Waals surface area contributed by atoms with E-state index >= 15 is 0 Å². The molecule has 1 atom stereocenters. The molecule has 1 aliphatic heterocycles. The second kappa shape index (κ2) is 8.10. The molecule has 1 N–H and O–H groups in total. The zero-order valence-electron chi connectivity index (χ0n) is 17.9. The van der Waals surface area contributed by atoms with E-state index in [1.165, 1.54) is 19.2 Å². The summed E-state index contributed by atoms with van der Waals surface area (Å²) in [6.45, 7) is 2.61. The van der Waals surface area contributed by atoms with Crippen LogP contribution in [0.5, 0.6) is 0 Å². The predicted octanol–water partition coefficient (Wildman–Crippen LogP) is 1.83. The van der Waals surface area contributed by atoms with Crippen molar-refractivity contribution in [1.82, 2.24) is 29.1 Å². The molecule has 0 amide bonds. The maximum atomic E-state index is 13.4. The molecule has 168 valence electrons. The van der Waals surface area contributed by atoms with Crippen LogP contribution in [0.2, 0.25) is 0 Å². The van der Waals surface area contributed by atoms with E-state index < -0.39 is 11.2 Å². The molecule has 0 saturated heterocycles. The number of aryl methyl sites for hydroxylation is 1. The van der Waals surface area contributed by atoms with Crippen LogP contribution in [0.3, 0.4) is 0 Å². The largest absolute Gasteiger partial charge is 0.371 e. The van der Waals surface area contributed by atoms with Crippen LogP contribution in [0.25, 0.3) is 5.69 Å². The van der Waals surface area contributed by atoms with Crippen LogP contribution in [0, 0.1) is 12.7 Å². The lowest BCUT2D eigenvalue weighted by Crippen LogP contribution is -2.38. The number of fused-ring (bicyclic) bond motifs is 1. The van der Waals surface area contributed by atoms with Gasteiger partial charge in [-0.1, -0.05) is 18.2 Å². The minimum atomic E-state index is -0.550. The Bertz CT molecular complexity index is 1460. The molecular formula is C22H20FN7O3. The summed E-state index contributed by atoms with van der Waals surface area (Å²) in [5.74, 6) is 0.819. The van der Waals surface area contributed by atoms with Crippen molar-refractivity contribution in [2.24, 2.45) is 7.05 Å². The third-order valence-electron chi connectivity index (χ3n) is 5.63. The van der Waals surface area contributed by atoms with Crippen LogP contribution in [0.15, 0.2) is 58.3 Å². The first-order chi connectivity index (χ1) is 15.9. The number of anilines is 2. The molecule has 11 heteroatoms. The molecule has 1 aliphatic rings. The van der Waals surface area contributed by atoms with E-state index in [9.17, 15) is 14.0 Å². The number of halogens is 1. The fraction of sp³-hybridized carbons (Fsp3) is 0.227. The van der Waals surface area contributed by atoms with Crippen molar-refractivity contribution in [1.29, 1.82) is 0 Å². The van der Waals surface area contributed by atoms with E-state index in [4.69, 9.17) is 4.74 Å². The van der Waals surface area contributed by atoms with E-state index in [-0.39, 0.29) is 11.9 Å². The quantitative estimate of drug-likeness (QED) is 0.506. The van der Waals surface area contributed by atoms with E-state index in [1.807, 2.05) is 17.6 Å². The molecule has 0 bridgehead atoms. The van der Waals surface area contributed by atoms with Crippen LogP contribution in [0.4, 0.5) is 16.0 Å². The predicted molar refractivity (Wildman–Crippen MR) is 117 cm³/mol. The summed E-state index contributed by atoms with van der Waals surface area (Å²) < 4.78 is 23.2. The first kappa shape index (κ1) is 20.8. The van der Waals surface area contributed by atoms with Gasteiger partial charge >= 0.3 is 5.69 Å². The zero-order chi connectivity index (χ0) is 23.1. The summed E-state index contributed by atoms with van der Waals surface area (Å²) in [5.41, 5.74) is 1.91. The Balaban J connectivity index is 1.54. The Morgan fingerprint density at radius 2 is 1.91 bits per heavy atom. The van der Waals surface area contributed by atoms with Gasteiger partial charge in [-0.05, 0) is 42.3 Å². The molecule has 10 nitrogen and oxygen atoms in total. The maximum Gasteiger partial charge on any atom is 0.351 e. The number of rotatable bonds is 4. The average Bonchev–Trinajstić information content (AvgIpc) is 3.23. The van der Waals surface area contributed by atoms with Gasteiger partial charge in [-0.3, -0.25) is 13.9 Å². The van der Waals surface area contributed by atoms with Gasteiger partial charge in [0.25, 0.3) is 5.56 Å². The van der Waals surface area contributed by atoms with Gasteiger partial charge in [0, 0.05) is 12.7 Å². The number of nitrogens with zero attached hydrogens (tertiary/aromatic N) is 6. The molecule has 0 aliphatic carbocycles. The molecular weight excluding hydrogens is 429 g/mol. The number of hydrogen-bond acceptors (Lipinski definition) is 7. The third-order valence-corrected chi connectivity index (χ3v) is 5.63. The van der Waals surface area contributed by atoms with Gasteiger partial charge in [-0.2, -0.15) is 9.78 Å². The Morgan fingerprint density at radius 3 is 2.70 bits per heavy atom. The summed E-state index contributed by atoms with van der Waals surface area (Å²) in [5, 5.41) is 15.8. The van der Waals surface area contributed by atoms with Gasteiger partial charge < -0.3 is 10.1 Å². The summed E-state index contributed by atoms with van der Waals surface area (Å²) in [6.07, 6.45) is 1.09. The highest BCUT2D eigenvalue weighted by molar-refractivity contribution is 5.62. The van der Waals surface area contributed by atoms with Gasteiger partial charge in [-0.25, -0.2) is 9.18 Å². The number of ether oxygens (including phenoxy) is 1. The molecule has 0 unspecified atom stereocenters. The minimum absolute atomic E-state index is 0.233. The van der Waals surface area contributed by atoms with Gasteiger partial charge in [0.1, 0.15) is 18.6 Å². The molecule has 0 radical (unpaired) electrons. The van der Waals surface area contributed by atoms with Crippen molar-refractivity contribution in [3.05, 3.63) is 92.3 Å². The van der Waals surface area contributed by atoms with Gasteiger partial charge in [0.2, 0.25) is 5.95 Å². The van der Waals surface area contributed by atoms with E-state index in [1.54, 1.807) is 24.3 Å². The highest BCUT2D eigenvalue weighted by Gasteiger charge is 2.27. The van der Waals surface area contributed by atoms with Crippen LogP contribution in [0.1, 0.15) is 23.0 Å². The monoisotopic (exact) mass is 449 g/mol. The first-order valence-electron chi connectivity index (χ1n) is 10.2. The van der Waals surface area contributed by atoms with Crippen molar-refractivity contribution in [3.63, 3.8) is 0 Å². The highest BCUT2D eigenvalue weighted by Crippen LogP contribution is 2.31. The van der Waals surface area contributed by atoms with Gasteiger partial charge in [-0.15, -0.1) is 10.2 Å². The standard InChI is InChI=1S/C22H20FN7O3/c1-13-3-8-16(30-22(32)28(2)20(31)10-24-30)9-17(13)25-21-27-26-19-12-33-11-18(29(19)21)14-4-6-15(23)7-5-14/h3-10,18H,11-12H2,1-2H3,(H,25,27)/t18-/m0/s1. The number of aromatic nitrogens is 6. The fourth-order valence-electron chi connectivity index (χ4n) is 3.75. The Morgan fingerprint density at radius 1 is 1.12 bits per heavy atom. The highest BCUT2D eigenvalue weighted by atomic mass is 19.1. The van der Waals surface area contributed by atoms with E-state index in [2.05, 4.69) is 20.6 Å². The normalized spacial score (nSPS) is 15.3. The second-order valence-corrected chi connectivity index (χ2v) is 7.75. The lowest BCUT2D eigenvalue weighted by Gasteiger charge is -2.27. The molecule has 0 saturated carbocycles. The van der Waals surface area contributed by atoms with Crippen LogP contribution in [-0.4, -0.2) is 35.7 Å². The SMILES string of the molecule is Cc1ccc(-n2ncc(=O)n(C)c2=O)cc1Nc1nnc2n1[C@H](c1ccc(F)cc1)COC2. The summed E-state index contributed by atoms with van der Waals surface area (Å²) in [6, 6.07) is 11.3. The lowest BCUT2D eigenvalue weighted by molar-refractivity contribution is 0.0670.